The molecule has 22 heavy (non-hydrogen) atoms. The zero-order chi connectivity index (χ0) is 15.2. The molecular formula is C19H24N2O. The molecule has 1 atom stereocenters. The second-order valence-electron chi connectivity index (χ2n) is 5.94. The van der Waals surface area contributed by atoms with Crippen LogP contribution in [0.5, 0.6) is 5.75 Å². The monoisotopic (exact) mass is 296 g/mol. The Labute approximate surface area is 132 Å². The van der Waals surface area contributed by atoms with Crippen molar-refractivity contribution < 1.29 is 4.74 Å². The minimum absolute atomic E-state index is 0.589. The van der Waals surface area contributed by atoms with Crippen molar-refractivity contribution in [2.75, 3.05) is 20.2 Å². The first kappa shape index (κ1) is 15.1. The summed E-state index contributed by atoms with van der Waals surface area (Å²) in [5.41, 5.74) is 2.71. The van der Waals surface area contributed by atoms with Crippen LogP contribution in [-0.4, -0.2) is 31.1 Å². The molecule has 0 aromatic heterocycles. The number of hydrogen-bond acceptors (Lipinski definition) is 3. The summed E-state index contributed by atoms with van der Waals surface area (Å²) in [6.45, 7) is 4.29. The summed E-state index contributed by atoms with van der Waals surface area (Å²) in [7, 11) is 1.70. The SMILES string of the molecule is COc1ccc(CNC2CCN(Cc3ccccc3)C2)cc1. The zero-order valence-corrected chi connectivity index (χ0v) is 13.2. The number of ether oxygens (including phenoxy) is 1. The molecule has 3 heteroatoms. The van der Waals surface area contributed by atoms with E-state index < -0.39 is 0 Å². The van der Waals surface area contributed by atoms with Crippen molar-refractivity contribution in [3.05, 3.63) is 65.7 Å². The molecule has 1 heterocycles. The molecule has 0 radical (unpaired) electrons. The summed E-state index contributed by atoms with van der Waals surface area (Å²) in [4.78, 5) is 2.53. The van der Waals surface area contributed by atoms with Gasteiger partial charge in [0.2, 0.25) is 0 Å². The Morgan fingerprint density at radius 2 is 1.82 bits per heavy atom. The van der Waals surface area contributed by atoms with Crippen molar-refractivity contribution in [3.63, 3.8) is 0 Å². The lowest BCUT2D eigenvalue weighted by Gasteiger charge is -2.17. The van der Waals surface area contributed by atoms with Gasteiger partial charge in [0, 0.05) is 32.2 Å². The van der Waals surface area contributed by atoms with Crippen LogP contribution in [0.25, 0.3) is 0 Å². The molecule has 0 saturated carbocycles. The average Bonchev–Trinajstić information content (AvgIpc) is 3.02. The minimum Gasteiger partial charge on any atom is -0.497 e. The van der Waals surface area contributed by atoms with E-state index in [1.165, 1.54) is 24.1 Å². The largest absolute Gasteiger partial charge is 0.497 e. The number of methoxy groups -OCH3 is 1. The van der Waals surface area contributed by atoms with Crippen LogP contribution in [0.1, 0.15) is 17.5 Å². The summed E-state index contributed by atoms with van der Waals surface area (Å²) in [5, 5.41) is 3.67. The van der Waals surface area contributed by atoms with Gasteiger partial charge >= 0.3 is 0 Å². The van der Waals surface area contributed by atoms with Crippen molar-refractivity contribution >= 4 is 0 Å². The summed E-state index contributed by atoms with van der Waals surface area (Å²) >= 11 is 0. The number of benzene rings is 2. The van der Waals surface area contributed by atoms with Crippen molar-refractivity contribution in [2.45, 2.75) is 25.6 Å². The average molecular weight is 296 g/mol. The quantitative estimate of drug-likeness (QED) is 0.886. The van der Waals surface area contributed by atoms with Gasteiger partial charge in [0.15, 0.2) is 0 Å². The van der Waals surface area contributed by atoms with E-state index in [0.29, 0.717) is 6.04 Å². The lowest BCUT2D eigenvalue weighted by molar-refractivity contribution is 0.320. The number of rotatable bonds is 6. The maximum absolute atomic E-state index is 5.19. The molecule has 0 aliphatic carbocycles. The molecular weight excluding hydrogens is 272 g/mol. The lowest BCUT2D eigenvalue weighted by Crippen LogP contribution is -2.31. The molecule has 3 nitrogen and oxygen atoms in total. The fourth-order valence-electron chi connectivity index (χ4n) is 2.99. The van der Waals surface area contributed by atoms with E-state index in [1.807, 2.05) is 12.1 Å². The number of likely N-dealkylation sites (tertiary alicyclic amines) is 1. The smallest absolute Gasteiger partial charge is 0.118 e. The van der Waals surface area contributed by atoms with Gasteiger partial charge in [-0.2, -0.15) is 0 Å². The van der Waals surface area contributed by atoms with E-state index in [4.69, 9.17) is 4.74 Å². The predicted octanol–water partition coefficient (Wildman–Crippen LogP) is 3.06. The zero-order valence-electron chi connectivity index (χ0n) is 13.2. The van der Waals surface area contributed by atoms with E-state index in [1.54, 1.807) is 7.11 Å². The Balaban J connectivity index is 1.44. The van der Waals surface area contributed by atoms with Crippen LogP contribution in [-0.2, 0) is 13.1 Å². The van der Waals surface area contributed by atoms with Crippen LogP contribution in [0, 0.1) is 0 Å². The van der Waals surface area contributed by atoms with Gasteiger partial charge in [0.1, 0.15) is 5.75 Å². The summed E-state index contributed by atoms with van der Waals surface area (Å²) in [5.74, 6) is 0.915. The van der Waals surface area contributed by atoms with E-state index in [-0.39, 0.29) is 0 Å². The predicted molar refractivity (Wildman–Crippen MR) is 90.0 cm³/mol. The molecule has 0 spiro atoms. The van der Waals surface area contributed by atoms with Crippen LogP contribution in [0.4, 0.5) is 0 Å². The molecule has 1 aliphatic heterocycles. The summed E-state index contributed by atoms with van der Waals surface area (Å²) < 4.78 is 5.19. The third-order valence-corrected chi connectivity index (χ3v) is 4.28. The van der Waals surface area contributed by atoms with Crippen LogP contribution in [0.15, 0.2) is 54.6 Å². The maximum atomic E-state index is 5.19. The van der Waals surface area contributed by atoms with Gasteiger partial charge in [-0.25, -0.2) is 0 Å². The lowest BCUT2D eigenvalue weighted by atomic mass is 10.2. The van der Waals surface area contributed by atoms with Gasteiger partial charge in [-0.15, -0.1) is 0 Å². The number of hydrogen-bond donors (Lipinski definition) is 1. The third-order valence-electron chi connectivity index (χ3n) is 4.28. The molecule has 2 aromatic rings. The Bertz CT molecular complexity index is 568. The first-order chi connectivity index (χ1) is 10.8. The van der Waals surface area contributed by atoms with Crippen LogP contribution in [0.3, 0.4) is 0 Å². The normalized spacial score (nSPS) is 18.5. The molecule has 1 N–H and O–H groups in total. The van der Waals surface area contributed by atoms with Crippen molar-refractivity contribution in [2.24, 2.45) is 0 Å². The van der Waals surface area contributed by atoms with Gasteiger partial charge in [-0.3, -0.25) is 4.90 Å². The Hall–Kier alpha value is -1.84. The molecule has 116 valence electrons. The molecule has 1 unspecified atom stereocenters. The highest BCUT2D eigenvalue weighted by molar-refractivity contribution is 5.27. The summed E-state index contributed by atoms with van der Waals surface area (Å²) in [6.07, 6.45) is 1.23. The van der Waals surface area contributed by atoms with Crippen molar-refractivity contribution in [1.82, 2.24) is 10.2 Å². The van der Waals surface area contributed by atoms with Gasteiger partial charge < -0.3 is 10.1 Å². The van der Waals surface area contributed by atoms with Crippen molar-refractivity contribution in [3.8, 4) is 5.75 Å². The Morgan fingerprint density at radius 3 is 2.55 bits per heavy atom. The van der Waals surface area contributed by atoms with E-state index >= 15 is 0 Å². The highest BCUT2D eigenvalue weighted by Gasteiger charge is 2.21. The molecule has 2 aromatic carbocycles. The molecule has 3 rings (SSSR count). The van der Waals surface area contributed by atoms with E-state index in [9.17, 15) is 0 Å². The highest BCUT2D eigenvalue weighted by atomic mass is 16.5. The van der Waals surface area contributed by atoms with Gasteiger partial charge in [-0.1, -0.05) is 42.5 Å². The first-order valence-corrected chi connectivity index (χ1v) is 7.96. The second kappa shape index (κ2) is 7.43. The fourth-order valence-corrected chi connectivity index (χ4v) is 2.99. The van der Waals surface area contributed by atoms with Crippen molar-refractivity contribution in [1.29, 1.82) is 0 Å². The molecule has 1 fully saturated rings. The van der Waals surface area contributed by atoms with Gasteiger partial charge in [0.25, 0.3) is 0 Å². The molecule has 0 amide bonds. The standard InChI is InChI=1S/C19H24N2O/c1-22-19-9-7-16(8-10-19)13-20-18-11-12-21(15-18)14-17-5-3-2-4-6-17/h2-10,18,20H,11-15H2,1H3. The van der Waals surface area contributed by atoms with E-state index in [0.717, 1.165) is 25.4 Å². The highest BCUT2D eigenvalue weighted by Crippen LogP contribution is 2.15. The van der Waals surface area contributed by atoms with Gasteiger partial charge in [0.05, 0.1) is 7.11 Å². The summed E-state index contributed by atoms with van der Waals surface area (Å²) in [6, 6.07) is 19.6. The Morgan fingerprint density at radius 1 is 1.05 bits per heavy atom. The molecule has 1 saturated heterocycles. The molecule has 0 bridgehead atoms. The van der Waals surface area contributed by atoms with Crippen LogP contribution >= 0.6 is 0 Å². The van der Waals surface area contributed by atoms with E-state index in [2.05, 4.69) is 52.7 Å². The number of nitrogens with one attached hydrogen (secondary N) is 1. The topological polar surface area (TPSA) is 24.5 Å². The van der Waals surface area contributed by atoms with Crippen LogP contribution < -0.4 is 10.1 Å². The number of nitrogens with zero attached hydrogens (tertiary/aromatic N) is 1. The fraction of sp³-hybridized carbons (Fsp3) is 0.368. The van der Waals surface area contributed by atoms with Gasteiger partial charge in [-0.05, 0) is 29.7 Å². The first-order valence-electron chi connectivity index (χ1n) is 7.96. The van der Waals surface area contributed by atoms with Crippen LogP contribution in [0.2, 0.25) is 0 Å². The second-order valence-corrected chi connectivity index (χ2v) is 5.94. The minimum atomic E-state index is 0.589. The third kappa shape index (κ3) is 4.09. The maximum Gasteiger partial charge on any atom is 0.118 e. The Kier molecular flexibility index (Phi) is 5.09. The molecule has 1 aliphatic rings.